The highest BCUT2D eigenvalue weighted by Gasteiger charge is 2.07. The fourth-order valence-electron chi connectivity index (χ4n) is 0.942. The molecule has 0 radical (unpaired) electrons. The molecule has 0 unspecified atom stereocenters. The number of hydrogen-bond acceptors (Lipinski definition) is 2. The van der Waals surface area contributed by atoms with Gasteiger partial charge >= 0.3 is 0 Å². The van der Waals surface area contributed by atoms with E-state index < -0.39 is 5.82 Å². The number of rotatable bonds is 1. The van der Waals surface area contributed by atoms with Crippen molar-refractivity contribution in [2.24, 2.45) is 10.8 Å². The zero-order valence-electron chi connectivity index (χ0n) is 7.01. The molecular formula is C8H9ClFN3. The molecule has 0 aliphatic rings. The molecule has 0 bridgehead atoms. The minimum atomic E-state index is -0.414. The van der Waals surface area contributed by atoms with Gasteiger partial charge in [0, 0.05) is 12.1 Å². The number of aliphatic imine (C=N–C) groups is 1. The predicted molar refractivity (Wildman–Crippen MR) is 51.2 cm³/mol. The number of hydrogen-bond donors (Lipinski definition) is 2. The standard InChI is InChI=1S/C8H9ClFN3/c1-12-8(13-11)6-4-5(9)2-3-7(6)10/h2-4H,11H2,1H3,(H,12,13). The van der Waals surface area contributed by atoms with Crippen LogP contribution in [0.4, 0.5) is 4.39 Å². The average Bonchev–Trinajstić information content (AvgIpc) is 2.13. The van der Waals surface area contributed by atoms with Crippen LogP contribution in [0.15, 0.2) is 23.2 Å². The Labute approximate surface area is 80.4 Å². The largest absolute Gasteiger partial charge is 0.308 e. The van der Waals surface area contributed by atoms with Gasteiger partial charge < -0.3 is 5.43 Å². The second kappa shape index (κ2) is 4.20. The maximum Gasteiger partial charge on any atom is 0.145 e. The average molecular weight is 202 g/mol. The van der Waals surface area contributed by atoms with Crippen LogP contribution in [-0.2, 0) is 0 Å². The molecule has 0 aromatic heterocycles. The Morgan fingerprint density at radius 3 is 2.85 bits per heavy atom. The van der Waals surface area contributed by atoms with E-state index in [1.807, 2.05) is 0 Å². The smallest absolute Gasteiger partial charge is 0.145 e. The molecule has 0 heterocycles. The van der Waals surface area contributed by atoms with E-state index in [-0.39, 0.29) is 11.4 Å². The van der Waals surface area contributed by atoms with Crippen LogP contribution in [-0.4, -0.2) is 12.9 Å². The van der Waals surface area contributed by atoms with E-state index in [9.17, 15) is 4.39 Å². The first-order chi connectivity index (χ1) is 6.19. The van der Waals surface area contributed by atoms with Crippen molar-refractivity contribution in [3.05, 3.63) is 34.6 Å². The van der Waals surface area contributed by atoms with E-state index in [1.165, 1.54) is 25.2 Å². The van der Waals surface area contributed by atoms with E-state index >= 15 is 0 Å². The maximum absolute atomic E-state index is 13.2. The zero-order valence-corrected chi connectivity index (χ0v) is 7.77. The summed E-state index contributed by atoms with van der Waals surface area (Å²) in [6.45, 7) is 0. The monoisotopic (exact) mass is 201 g/mol. The van der Waals surface area contributed by atoms with Crippen LogP contribution in [0.25, 0.3) is 0 Å². The highest BCUT2D eigenvalue weighted by Crippen LogP contribution is 2.14. The molecular weight excluding hydrogens is 193 g/mol. The minimum Gasteiger partial charge on any atom is -0.308 e. The molecule has 5 heteroatoms. The Bertz CT molecular complexity index is 338. The van der Waals surface area contributed by atoms with Crippen LogP contribution in [0.1, 0.15) is 5.56 Å². The van der Waals surface area contributed by atoms with Crippen molar-refractivity contribution >= 4 is 17.4 Å². The lowest BCUT2D eigenvalue weighted by atomic mass is 10.2. The van der Waals surface area contributed by atoms with Crippen LogP contribution in [0.5, 0.6) is 0 Å². The minimum absolute atomic E-state index is 0.262. The van der Waals surface area contributed by atoms with Crippen molar-refractivity contribution < 1.29 is 4.39 Å². The van der Waals surface area contributed by atoms with Crippen LogP contribution >= 0.6 is 11.6 Å². The fraction of sp³-hybridized carbons (Fsp3) is 0.125. The van der Waals surface area contributed by atoms with Crippen LogP contribution in [0.3, 0.4) is 0 Å². The molecule has 0 saturated heterocycles. The van der Waals surface area contributed by atoms with Gasteiger partial charge in [-0.2, -0.15) is 0 Å². The summed E-state index contributed by atoms with van der Waals surface area (Å²) in [5.74, 6) is 4.99. The Kier molecular flexibility index (Phi) is 3.22. The summed E-state index contributed by atoms with van der Waals surface area (Å²) in [7, 11) is 1.51. The topological polar surface area (TPSA) is 50.4 Å². The Hall–Kier alpha value is -1.13. The highest BCUT2D eigenvalue weighted by atomic mass is 35.5. The van der Waals surface area contributed by atoms with Crippen molar-refractivity contribution in [3.63, 3.8) is 0 Å². The molecule has 1 rings (SSSR count). The molecule has 3 N–H and O–H groups in total. The number of nitrogens with one attached hydrogen (secondary N) is 1. The first kappa shape index (κ1) is 9.95. The van der Waals surface area contributed by atoms with Gasteiger partial charge in [0.2, 0.25) is 0 Å². The van der Waals surface area contributed by atoms with E-state index in [0.717, 1.165) is 0 Å². The van der Waals surface area contributed by atoms with Gasteiger partial charge in [0.1, 0.15) is 11.7 Å². The van der Waals surface area contributed by atoms with Gasteiger partial charge in [-0.05, 0) is 18.2 Å². The number of hydrazine groups is 1. The highest BCUT2D eigenvalue weighted by molar-refractivity contribution is 6.31. The quantitative estimate of drug-likeness (QED) is 0.312. The molecule has 70 valence electrons. The lowest BCUT2D eigenvalue weighted by Crippen LogP contribution is -2.31. The molecule has 0 amide bonds. The molecule has 0 spiro atoms. The maximum atomic E-state index is 13.2. The van der Waals surface area contributed by atoms with Gasteiger partial charge in [0.15, 0.2) is 0 Å². The Balaban J connectivity index is 3.19. The number of nitrogens with zero attached hydrogens (tertiary/aromatic N) is 1. The lowest BCUT2D eigenvalue weighted by Gasteiger charge is -2.05. The Morgan fingerprint density at radius 1 is 1.62 bits per heavy atom. The molecule has 0 aliphatic carbocycles. The van der Waals surface area contributed by atoms with Crippen LogP contribution < -0.4 is 11.3 Å². The van der Waals surface area contributed by atoms with Crippen molar-refractivity contribution in [2.75, 3.05) is 7.05 Å². The van der Waals surface area contributed by atoms with Gasteiger partial charge in [0.05, 0.1) is 5.56 Å². The van der Waals surface area contributed by atoms with Crippen molar-refractivity contribution in [1.29, 1.82) is 0 Å². The molecule has 1 aromatic carbocycles. The molecule has 3 nitrogen and oxygen atoms in total. The third kappa shape index (κ3) is 2.17. The SMILES string of the molecule is CN=C(NN)c1cc(Cl)ccc1F. The lowest BCUT2D eigenvalue weighted by molar-refractivity contribution is 0.624. The number of halogens is 2. The second-order valence-electron chi connectivity index (χ2n) is 2.34. The molecule has 0 saturated carbocycles. The van der Waals surface area contributed by atoms with Gasteiger partial charge in [0.25, 0.3) is 0 Å². The van der Waals surface area contributed by atoms with E-state index in [0.29, 0.717) is 5.02 Å². The number of amidine groups is 1. The number of nitrogens with two attached hydrogens (primary N) is 1. The normalized spacial score (nSPS) is 11.5. The summed E-state index contributed by atoms with van der Waals surface area (Å²) in [5.41, 5.74) is 2.55. The third-order valence-corrected chi connectivity index (χ3v) is 1.78. The summed E-state index contributed by atoms with van der Waals surface area (Å²) >= 11 is 5.68. The van der Waals surface area contributed by atoms with Crippen LogP contribution in [0.2, 0.25) is 5.02 Å². The van der Waals surface area contributed by atoms with Crippen LogP contribution in [0, 0.1) is 5.82 Å². The predicted octanol–water partition coefficient (Wildman–Crippen LogP) is 1.32. The third-order valence-electron chi connectivity index (χ3n) is 1.54. The first-order valence-corrected chi connectivity index (χ1v) is 3.95. The zero-order chi connectivity index (χ0) is 9.84. The van der Waals surface area contributed by atoms with E-state index in [2.05, 4.69) is 10.4 Å². The van der Waals surface area contributed by atoms with Gasteiger partial charge in [-0.25, -0.2) is 10.2 Å². The Morgan fingerprint density at radius 2 is 2.31 bits per heavy atom. The van der Waals surface area contributed by atoms with Gasteiger partial charge in [-0.15, -0.1) is 0 Å². The van der Waals surface area contributed by atoms with E-state index in [1.54, 1.807) is 0 Å². The van der Waals surface area contributed by atoms with Crippen molar-refractivity contribution in [1.82, 2.24) is 5.43 Å². The summed E-state index contributed by atoms with van der Waals surface area (Å²) in [5, 5.41) is 0.438. The van der Waals surface area contributed by atoms with Crippen molar-refractivity contribution in [3.8, 4) is 0 Å². The van der Waals surface area contributed by atoms with Crippen molar-refractivity contribution in [2.45, 2.75) is 0 Å². The second-order valence-corrected chi connectivity index (χ2v) is 2.78. The van der Waals surface area contributed by atoms with Gasteiger partial charge in [-0.1, -0.05) is 11.6 Å². The summed E-state index contributed by atoms with van der Waals surface area (Å²) in [6, 6.07) is 4.18. The molecule has 0 fully saturated rings. The number of benzene rings is 1. The first-order valence-electron chi connectivity index (χ1n) is 3.58. The summed E-state index contributed by atoms with van der Waals surface area (Å²) in [6.07, 6.45) is 0. The molecule has 1 aromatic rings. The van der Waals surface area contributed by atoms with E-state index in [4.69, 9.17) is 17.4 Å². The molecule has 0 aliphatic heterocycles. The molecule has 0 atom stereocenters. The molecule has 13 heavy (non-hydrogen) atoms. The summed E-state index contributed by atoms with van der Waals surface area (Å²) in [4.78, 5) is 3.76. The fourth-order valence-corrected chi connectivity index (χ4v) is 1.11. The van der Waals surface area contributed by atoms with Gasteiger partial charge in [-0.3, -0.25) is 4.99 Å². The summed E-state index contributed by atoms with van der Waals surface area (Å²) < 4.78 is 13.2.